The number of fused-ring (bicyclic) bond motifs is 1. The number of hydrogen-bond donors (Lipinski definition) is 2. The number of rotatable bonds is 6. The van der Waals surface area contributed by atoms with Crippen molar-refractivity contribution in [3.05, 3.63) is 60.1 Å². The highest BCUT2D eigenvalue weighted by Crippen LogP contribution is 2.31. The summed E-state index contributed by atoms with van der Waals surface area (Å²) in [5.41, 5.74) is 2.76. The maximum absolute atomic E-state index is 9.47. The van der Waals surface area contributed by atoms with Gasteiger partial charge in [-0.2, -0.15) is 0 Å². The van der Waals surface area contributed by atoms with E-state index in [1.54, 1.807) is 17.5 Å². The van der Waals surface area contributed by atoms with E-state index in [0.29, 0.717) is 5.75 Å². The molecule has 2 heterocycles. The van der Waals surface area contributed by atoms with Crippen LogP contribution in [0.2, 0.25) is 0 Å². The monoisotopic (exact) mass is 367 g/mol. The van der Waals surface area contributed by atoms with Crippen molar-refractivity contribution in [3.8, 4) is 22.3 Å². The first-order chi connectivity index (χ1) is 12.8. The first kappa shape index (κ1) is 16.7. The molecule has 4 rings (SSSR count). The van der Waals surface area contributed by atoms with E-state index in [0.717, 1.165) is 27.6 Å². The van der Waals surface area contributed by atoms with Gasteiger partial charge in [-0.1, -0.05) is 24.3 Å². The van der Waals surface area contributed by atoms with Crippen molar-refractivity contribution in [2.45, 2.75) is 6.10 Å². The van der Waals surface area contributed by atoms with E-state index in [-0.39, 0.29) is 13.2 Å². The molecule has 1 unspecified atom stereocenters. The highest BCUT2D eigenvalue weighted by atomic mass is 32.1. The van der Waals surface area contributed by atoms with E-state index in [1.165, 1.54) is 0 Å². The lowest BCUT2D eigenvalue weighted by Gasteiger charge is -2.11. The maximum Gasteiger partial charge on any atom is 0.195 e. The predicted molar refractivity (Wildman–Crippen MR) is 101 cm³/mol. The minimum Gasteiger partial charge on any atom is -0.491 e. The number of imidazole rings is 1. The Morgan fingerprint density at radius 2 is 2.04 bits per heavy atom. The summed E-state index contributed by atoms with van der Waals surface area (Å²) in [5.74, 6) is 1.38. The summed E-state index contributed by atoms with van der Waals surface area (Å²) in [7, 11) is 0. The number of para-hydroxylation sites is 2. The van der Waals surface area contributed by atoms with Crippen LogP contribution in [0.5, 0.6) is 5.75 Å². The normalized spacial score (nSPS) is 12.4. The molecule has 0 radical (unpaired) electrons. The van der Waals surface area contributed by atoms with Gasteiger partial charge in [-0.05, 0) is 24.3 Å². The molecular formula is C19H17N3O3S. The second-order valence-corrected chi connectivity index (χ2v) is 6.62. The molecule has 4 aromatic rings. The number of hydrogen-bond acceptors (Lipinski definition) is 6. The van der Waals surface area contributed by atoms with Gasteiger partial charge in [-0.15, -0.1) is 11.3 Å². The second-order valence-electron chi connectivity index (χ2n) is 5.75. The van der Waals surface area contributed by atoms with Gasteiger partial charge in [0.25, 0.3) is 0 Å². The van der Waals surface area contributed by atoms with Gasteiger partial charge in [0, 0.05) is 17.1 Å². The molecule has 132 valence electrons. The molecule has 2 aromatic carbocycles. The Morgan fingerprint density at radius 1 is 1.15 bits per heavy atom. The number of ether oxygens (including phenoxy) is 1. The molecule has 2 N–H and O–H groups in total. The Kier molecular flexibility index (Phi) is 4.66. The molecular weight excluding hydrogens is 350 g/mol. The Balaban J connectivity index is 1.78. The van der Waals surface area contributed by atoms with Crippen LogP contribution >= 0.6 is 11.3 Å². The summed E-state index contributed by atoms with van der Waals surface area (Å²) in [6, 6.07) is 15.4. The highest BCUT2D eigenvalue weighted by Gasteiger charge is 2.16. The molecule has 1 atom stereocenters. The van der Waals surface area contributed by atoms with Crippen molar-refractivity contribution in [3.63, 3.8) is 0 Å². The van der Waals surface area contributed by atoms with Crippen LogP contribution < -0.4 is 4.74 Å². The number of thiazole rings is 1. The topological polar surface area (TPSA) is 80.4 Å². The van der Waals surface area contributed by atoms with E-state index in [4.69, 9.17) is 14.8 Å². The van der Waals surface area contributed by atoms with E-state index < -0.39 is 6.10 Å². The van der Waals surface area contributed by atoms with Gasteiger partial charge >= 0.3 is 0 Å². The van der Waals surface area contributed by atoms with Gasteiger partial charge in [0.05, 0.1) is 17.6 Å². The fraction of sp³-hybridized carbons (Fsp3) is 0.158. The van der Waals surface area contributed by atoms with Crippen LogP contribution in [0.4, 0.5) is 0 Å². The Labute approximate surface area is 154 Å². The highest BCUT2D eigenvalue weighted by molar-refractivity contribution is 7.12. The van der Waals surface area contributed by atoms with Gasteiger partial charge in [0.1, 0.15) is 24.3 Å². The van der Waals surface area contributed by atoms with Crippen LogP contribution in [0.25, 0.3) is 27.6 Å². The molecule has 7 heteroatoms. The van der Waals surface area contributed by atoms with E-state index in [2.05, 4.69) is 4.98 Å². The standard InChI is InChI=1S/C19H17N3O3S/c23-11-14(24)12-25-15-5-3-4-13(10-15)18-21-16-6-1-2-7-17(16)22(18)19-20-8-9-26-19/h1-10,14,23-24H,11-12H2. The molecule has 26 heavy (non-hydrogen) atoms. The molecule has 6 nitrogen and oxygen atoms in total. The molecule has 0 amide bonds. The summed E-state index contributed by atoms with van der Waals surface area (Å²) in [6.45, 7) is -0.303. The van der Waals surface area contributed by atoms with Crippen LogP contribution in [-0.2, 0) is 0 Å². The zero-order valence-electron chi connectivity index (χ0n) is 13.8. The molecule has 2 aromatic heterocycles. The van der Waals surface area contributed by atoms with Gasteiger partial charge in [-0.3, -0.25) is 4.57 Å². The van der Waals surface area contributed by atoms with Crippen LogP contribution in [-0.4, -0.2) is 44.1 Å². The van der Waals surface area contributed by atoms with Crippen LogP contribution in [0.3, 0.4) is 0 Å². The van der Waals surface area contributed by atoms with Crippen molar-refractivity contribution in [2.24, 2.45) is 0 Å². The summed E-state index contributed by atoms with van der Waals surface area (Å²) < 4.78 is 7.59. The molecule has 0 aliphatic rings. The third-order valence-corrected chi connectivity index (χ3v) is 4.67. The summed E-state index contributed by atoms with van der Waals surface area (Å²) in [6.07, 6.45) is 0.868. The number of aliphatic hydroxyl groups excluding tert-OH is 2. The fourth-order valence-corrected chi connectivity index (χ4v) is 3.37. The van der Waals surface area contributed by atoms with Crippen LogP contribution in [0.15, 0.2) is 60.1 Å². The number of aromatic nitrogens is 3. The van der Waals surface area contributed by atoms with Crippen LogP contribution in [0.1, 0.15) is 0 Å². The van der Waals surface area contributed by atoms with Crippen molar-refractivity contribution in [2.75, 3.05) is 13.2 Å². The third kappa shape index (κ3) is 3.20. The van der Waals surface area contributed by atoms with Crippen LogP contribution in [0, 0.1) is 0 Å². The minimum atomic E-state index is -0.904. The SMILES string of the molecule is OCC(O)COc1cccc(-c2nc3ccccc3n2-c2nccs2)c1. The predicted octanol–water partition coefficient (Wildman–Crippen LogP) is 2.88. The Morgan fingerprint density at radius 3 is 2.85 bits per heavy atom. The average molecular weight is 367 g/mol. The third-order valence-electron chi connectivity index (χ3n) is 3.92. The zero-order valence-corrected chi connectivity index (χ0v) is 14.6. The average Bonchev–Trinajstić information content (AvgIpc) is 3.33. The fourth-order valence-electron chi connectivity index (χ4n) is 2.71. The van der Waals surface area contributed by atoms with Gasteiger partial charge in [0.2, 0.25) is 0 Å². The van der Waals surface area contributed by atoms with Crippen molar-refractivity contribution >= 4 is 22.4 Å². The quantitative estimate of drug-likeness (QED) is 0.548. The lowest BCUT2D eigenvalue weighted by atomic mass is 10.2. The van der Waals surface area contributed by atoms with E-state index in [1.807, 2.05) is 58.5 Å². The second kappa shape index (κ2) is 7.25. The van der Waals surface area contributed by atoms with Crippen molar-refractivity contribution in [1.29, 1.82) is 0 Å². The number of aliphatic hydroxyl groups is 2. The first-order valence-electron chi connectivity index (χ1n) is 8.16. The minimum absolute atomic E-state index is 0.0306. The first-order valence-corrected chi connectivity index (χ1v) is 9.04. The smallest absolute Gasteiger partial charge is 0.195 e. The summed E-state index contributed by atoms with van der Waals surface area (Å²) in [4.78, 5) is 9.21. The number of benzene rings is 2. The Hall–Kier alpha value is -2.74. The maximum atomic E-state index is 9.47. The van der Waals surface area contributed by atoms with E-state index >= 15 is 0 Å². The lowest BCUT2D eigenvalue weighted by molar-refractivity contribution is 0.0536. The number of nitrogens with zero attached hydrogens (tertiary/aromatic N) is 3. The molecule has 0 spiro atoms. The van der Waals surface area contributed by atoms with Crippen molar-refractivity contribution < 1.29 is 14.9 Å². The lowest BCUT2D eigenvalue weighted by Crippen LogP contribution is -2.21. The molecule has 0 saturated carbocycles. The van der Waals surface area contributed by atoms with Crippen molar-refractivity contribution in [1.82, 2.24) is 14.5 Å². The molecule has 0 saturated heterocycles. The Bertz CT molecular complexity index is 1010. The van der Waals surface area contributed by atoms with Gasteiger partial charge < -0.3 is 14.9 Å². The van der Waals surface area contributed by atoms with Gasteiger partial charge in [-0.25, -0.2) is 9.97 Å². The molecule has 0 aliphatic carbocycles. The van der Waals surface area contributed by atoms with Gasteiger partial charge in [0.15, 0.2) is 5.13 Å². The molecule has 0 aliphatic heterocycles. The molecule has 0 fully saturated rings. The largest absolute Gasteiger partial charge is 0.491 e. The van der Waals surface area contributed by atoms with E-state index in [9.17, 15) is 5.11 Å². The summed E-state index contributed by atoms with van der Waals surface area (Å²) >= 11 is 1.55. The zero-order chi connectivity index (χ0) is 17.9. The molecule has 0 bridgehead atoms. The summed E-state index contributed by atoms with van der Waals surface area (Å²) in [5, 5.41) is 21.2.